The van der Waals surface area contributed by atoms with Crippen LogP contribution in [0.3, 0.4) is 0 Å². The SMILES string of the molecule is [C-]#[N+]C(C)n1nccc1C(=O)C(C)(C)C. The third-order valence-corrected chi connectivity index (χ3v) is 2.12. The van der Waals surface area contributed by atoms with E-state index in [0.717, 1.165) is 0 Å². The molecule has 0 spiro atoms. The Hall–Kier alpha value is -1.63. The number of Topliss-reactive ketones (excluding diaryl/α,β-unsaturated/α-hetero) is 1. The van der Waals surface area contributed by atoms with Gasteiger partial charge in [0.15, 0.2) is 5.78 Å². The molecule has 0 aliphatic heterocycles. The van der Waals surface area contributed by atoms with E-state index < -0.39 is 11.6 Å². The second-order valence-corrected chi connectivity index (χ2v) is 4.50. The highest BCUT2D eigenvalue weighted by Gasteiger charge is 2.28. The first-order valence-electron chi connectivity index (χ1n) is 4.83. The lowest BCUT2D eigenvalue weighted by molar-refractivity contribution is 0.0845. The summed E-state index contributed by atoms with van der Waals surface area (Å²) in [6.07, 6.45) is 1.13. The Morgan fingerprint density at radius 2 is 2.20 bits per heavy atom. The summed E-state index contributed by atoms with van der Waals surface area (Å²) in [4.78, 5) is 15.4. The van der Waals surface area contributed by atoms with Crippen molar-refractivity contribution < 1.29 is 4.79 Å². The van der Waals surface area contributed by atoms with Gasteiger partial charge >= 0.3 is 6.17 Å². The van der Waals surface area contributed by atoms with Crippen LogP contribution in [0, 0.1) is 12.0 Å². The average molecular weight is 205 g/mol. The van der Waals surface area contributed by atoms with E-state index in [2.05, 4.69) is 9.94 Å². The molecule has 80 valence electrons. The summed E-state index contributed by atoms with van der Waals surface area (Å²) < 4.78 is 1.47. The van der Waals surface area contributed by atoms with Gasteiger partial charge in [-0.05, 0) is 6.07 Å². The number of hydrogen-bond donors (Lipinski definition) is 0. The lowest BCUT2D eigenvalue weighted by Gasteiger charge is -2.16. The molecular weight excluding hydrogens is 190 g/mol. The summed E-state index contributed by atoms with van der Waals surface area (Å²) in [7, 11) is 0. The molecule has 0 N–H and O–H groups in total. The van der Waals surface area contributed by atoms with E-state index >= 15 is 0 Å². The number of nitrogens with zero attached hydrogens (tertiary/aromatic N) is 3. The second kappa shape index (κ2) is 3.85. The molecule has 1 aromatic rings. The van der Waals surface area contributed by atoms with Crippen molar-refractivity contribution in [3.05, 3.63) is 29.4 Å². The summed E-state index contributed by atoms with van der Waals surface area (Å²) >= 11 is 0. The van der Waals surface area contributed by atoms with Crippen LogP contribution in [0.25, 0.3) is 4.85 Å². The van der Waals surface area contributed by atoms with Crippen molar-refractivity contribution in [2.45, 2.75) is 33.9 Å². The number of rotatable bonds is 2. The zero-order valence-corrected chi connectivity index (χ0v) is 9.48. The minimum atomic E-state index is -0.445. The highest BCUT2D eigenvalue weighted by Crippen LogP contribution is 2.22. The molecule has 1 aromatic heterocycles. The molecule has 0 saturated carbocycles. The molecule has 0 saturated heterocycles. The van der Waals surface area contributed by atoms with Crippen LogP contribution in [0.15, 0.2) is 12.3 Å². The Morgan fingerprint density at radius 3 is 2.67 bits per heavy atom. The molecule has 0 radical (unpaired) electrons. The normalized spacial score (nSPS) is 13.3. The van der Waals surface area contributed by atoms with E-state index in [-0.39, 0.29) is 5.78 Å². The maximum atomic E-state index is 12.0. The van der Waals surface area contributed by atoms with Crippen LogP contribution < -0.4 is 0 Å². The van der Waals surface area contributed by atoms with E-state index in [4.69, 9.17) is 6.57 Å². The second-order valence-electron chi connectivity index (χ2n) is 4.50. The van der Waals surface area contributed by atoms with Gasteiger partial charge < -0.3 is 0 Å². The lowest BCUT2D eigenvalue weighted by Crippen LogP contribution is -2.24. The van der Waals surface area contributed by atoms with Crippen LogP contribution in [0.2, 0.25) is 0 Å². The van der Waals surface area contributed by atoms with E-state index in [0.29, 0.717) is 5.69 Å². The quantitative estimate of drug-likeness (QED) is 0.549. The third kappa shape index (κ3) is 2.24. The molecule has 1 unspecified atom stereocenters. The van der Waals surface area contributed by atoms with Crippen molar-refractivity contribution in [1.29, 1.82) is 0 Å². The Morgan fingerprint density at radius 1 is 1.60 bits per heavy atom. The average Bonchev–Trinajstić information content (AvgIpc) is 2.62. The molecule has 0 amide bonds. The van der Waals surface area contributed by atoms with Gasteiger partial charge in [0.1, 0.15) is 5.69 Å². The van der Waals surface area contributed by atoms with Gasteiger partial charge in [-0.15, -0.1) is 0 Å². The predicted octanol–water partition coefficient (Wildman–Crippen LogP) is 2.55. The smallest absolute Gasteiger partial charge is 0.292 e. The van der Waals surface area contributed by atoms with Gasteiger partial charge in [0, 0.05) is 18.5 Å². The Labute approximate surface area is 89.7 Å². The zero-order valence-electron chi connectivity index (χ0n) is 9.48. The highest BCUT2D eigenvalue weighted by molar-refractivity contribution is 5.98. The molecule has 1 heterocycles. The molecule has 0 aliphatic rings. The van der Waals surface area contributed by atoms with Gasteiger partial charge in [-0.1, -0.05) is 20.8 Å². The van der Waals surface area contributed by atoms with Crippen LogP contribution in [0.5, 0.6) is 0 Å². The zero-order chi connectivity index (χ0) is 11.6. The minimum absolute atomic E-state index is 0.00972. The molecule has 1 atom stereocenters. The number of carbonyl (C=O) groups excluding carboxylic acids is 1. The molecular formula is C11H15N3O. The topological polar surface area (TPSA) is 39.2 Å². The molecule has 0 aromatic carbocycles. The lowest BCUT2D eigenvalue weighted by atomic mass is 9.89. The standard InChI is InChI=1S/C11H15N3O/c1-8(12-5)14-9(6-7-13-14)10(15)11(2,3)4/h6-8H,1-4H3. The molecule has 4 heteroatoms. The maximum Gasteiger partial charge on any atom is 0.314 e. The Balaban J connectivity index is 3.13. The van der Waals surface area contributed by atoms with Gasteiger partial charge in [-0.2, -0.15) is 9.78 Å². The van der Waals surface area contributed by atoms with Crippen molar-refractivity contribution in [2.24, 2.45) is 5.41 Å². The summed E-state index contributed by atoms with van der Waals surface area (Å²) in [5.74, 6) is 0.00972. The van der Waals surface area contributed by atoms with Crippen LogP contribution in [-0.2, 0) is 0 Å². The van der Waals surface area contributed by atoms with Crippen molar-refractivity contribution in [3.8, 4) is 0 Å². The van der Waals surface area contributed by atoms with Crippen molar-refractivity contribution in [3.63, 3.8) is 0 Å². The molecule has 4 nitrogen and oxygen atoms in total. The Kier molecular flexibility index (Phi) is 2.94. The third-order valence-electron chi connectivity index (χ3n) is 2.12. The molecule has 0 fully saturated rings. The van der Waals surface area contributed by atoms with Gasteiger partial charge in [0.25, 0.3) is 0 Å². The molecule has 15 heavy (non-hydrogen) atoms. The fourth-order valence-electron chi connectivity index (χ4n) is 1.23. The number of hydrogen-bond acceptors (Lipinski definition) is 2. The first kappa shape index (κ1) is 11.4. The van der Waals surface area contributed by atoms with E-state index in [1.54, 1.807) is 19.2 Å². The fourth-order valence-corrected chi connectivity index (χ4v) is 1.23. The number of ketones is 1. The van der Waals surface area contributed by atoms with E-state index in [9.17, 15) is 4.79 Å². The van der Waals surface area contributed by atoms with Crippen LogP contribution in [-0.4, -0.2) is 15.6 Å². The Bertz CT molecular complexity index is 406. The van der Waals surface area contributed by atoms with Gasteiger partial charge in [-0.25, -0.2) is 6.57 Å². The summed E-state index contributed by atoms with van der Waals surface area (Å²) in [5.41, 5.74) is 0.0606. The van der Waals surface area contributed by atoms with Gasteiger partial charge in [0.05, 0.1) is 0 Å². The summed E-state index contributed by atoms with van der Waals surface area (Å²) in [6.45, 7) is 14.2. The van der Waals surface area contributed by atoms with Crippen molar-refractivity contribution in [1.82, 2.24) is 9.78 Å². The first-order valence-corrected chi connectivity index (χ1v) is 4.83. The summed E-state index contributed by atoms with van der Waals surface area (Å²) in [6, 6.07) is 1.66. The summed E-state index contributed by atoms with van der Waals surface area (Å²) in [5, 5.41) is 4.00. The van der Waals surface area contributed by atoms with Gasteiger partial charge in [-0.3, -0.25) is 9.64 Å². The highest BCUT2D eigenvalue weighted by atomic mass is 16.1. The number of aromatic nitrogens is 2. The maximum absolute atomic E-state index is 12.0. The van der Waals surface area contributed by atoms with Crippen LogP contribution in [0.4, 0.5) is 0 Å². The van der Waals surface area contributed by atoms with Crippen molar-refractivity contribution >= 4 is 5.78 Å². The largest absolute Gasteiger partial charge is 0.314 e. The van der Waals surface area contributed by atoms with Gasteiger partial charge in [0.2, 0.25) is 0 Å². The number of carbonyl (C=O) groups is 1. The first-order chi connectivity index (χ1) is 6.88. The van der Waals surface area contributed by atoms with E-state index in [1.165, 1.54) is 4.68 Å². The minimum Gasteiger partial charge on any atom is -0.292 e. The molecule has 0 aliphatic carbocycles. The predicted molar refractivity (Wildman–Crippen MR) is 57.3 cm³/mol. The molecule has 0 bridgehead atoms. The van der Waals surface area contributed by atoms with Crippen LogP contribution >= 0.6 is 0 Å². The fraction of sp³-hybridized carbons (Fsp3) is 0.545. The van der Waals surface area contributed by atoms with E-state index in [1.807, 2.05) is 20.8 Å². The van der Waals surface area contributed by atoms with Crippen molar-refractivity contribution in [2.75, 3.05) is 0 Å². The monoisotopic (exact) mass is 205 g/mol. The van der Waals surface area contributed by atoms with Crippen LogP contribution in [0.1, 0.15) is 44.3 Å². The molecule has 1 rings (SSSR count).